The Hall–Kier alpha value is -2.03. The molecule has 0 atom stereocenters. The number of fused-ring (bicyclic) bond motifs is 1. The Morgan fingerprint density at radius 2 is 1.86 bits per heavy atom. The third kappa shape index (κ3) is 4.22. The van der Waals surface area contributed by atoms with Crippen LogP contribution in [0.4, 0.5) is 0 Å². The van der Waals surface area contributed by atoms with Crippen molar-refractivity contribution in [2.75, 3.05) is 19.7 Å². The maximum atomic E-state index is 12.1. The summed E-state index contributed by atoms with van der Waals surface area (Å²) in [6, 6.07) is 14.0. The van der Waals surface area contributed by atoms with Crippen LogP contribution in [0.15, 0.2) is 42.5 Å². The molecule has 0 fully saturated rings. The zero-order valence-electron chi connectivity index (χ0n) is 12.8. The molecule has 0 saturated carbocycles. The number of rotatable bonds is 7. The molecule has 0 heterocycles. The topological polar surface area (TPSA) is 29.5 Å². The Morgan fingerprint density at radius 1 is 1.10 bits per heavy atom. The standard InChI is InChI=1S/C18H23NO2/c1-3-5-12-19(4-2)18(20)14-21-17-11-10-15-8-6-7-9-16(15)13-17/h6-11,13H,3-5,12,14H2,1-2H3. The summed E-state index contributed by atoms with van der Waals surface area (Å²) in [7, 11) is 0. The van der Waals surface area contributed by atoms with Crippen molar-refractivity contribution in [1.82, 2.24) is 4.90 Å². The number of carbonyl (C=O) groups is 1. The van der Waals surface area contributed by atoms with E-state index in [-0.39, 0.29) is 12.5 Å². The van der Waals surface area contributed by atoms with E-state index in [2.05, 4.69) is 13.0 Å². The fraction of sp³-hybridized carbons (Fsp3) is 0.389. The highest BCUT2D eigenvalue weighted by molar-refractivity contribution is 5.84. The van der Waals surface area contributed by atoms with Gasteiger partial charge in [-0.3, -0.25) is 4.79 Å². The zero-order chi connectivity index (χ0) is 15.1. The van der Waals surface area contributed by atoms with Gasteiger partial charge in [-0.1, -0.05) is 43.7 Å². The van der Waals surface area contributed by atoms with Crippen molar-refractivity contribution < 1.29 is 9.53 Å². The first-order valence-electron chi connectivity index (χ1n) is 7.64. The molecule has 0 spiro atoms. The van der Waals surface area contributed by atoms with Crippen LogP contribution in [0.2, 0.25) is 0 Å². The van der Waals surface area contributed by atoms with Crippen LogP contribution in [0.3, 0.4) is 0 Å². The Morgan fingerprint density at radius 3 is 2.57 bits per heavy atom. The van der Waals surface area contributed by atoms with Crippen LogP contribution >= 0.6 is 0 Å². The van der Waals surface area contributed by atoms with E-state index in [1.807, 2.05) is 48.2 Å². The van der Waals surface area contributed by atoms with Gasteiger partial charge in [0.25, 0.3) is 5.91 Å². The van der Waals surface area contributed by atoms with E-state index in [0.717, 1.165) is 37.1 Å². The molecule has 2 aromatic rings. The maximum Gasteiger partial charge on any atom is 0.260 e. The molecule has 0 aliphatic rings. The predicted octanol–water partition coefficient (Wildman–Crippen LogP) is 3.87. The molecule has 0 radical (unpaired) electrons. The van der Waals surface area contributed by atoms with Gasteiger partial charge in [-0.05, 0) is 36.2 Å². The molecule has 0 saturated heterocycles. The lowest BCUT2D eigenvalue weighted by atomic mass is 10.1. The summed E-state index contributed by atoms with van der Waals surface area (Å²) in [6.45, 7) is 5.79. The number of amides is 1. The molecular weight excluding hydrogens is 262 g/mol. The van der Waals surface area contributed by atoms with Crippen LogP contribution in [-0.4, -0.2) is 30.5 Å². The van der Waals surface area contributed by atoms with Crippen molar-refractivity contribution in [1.29, 1.82) is 0 Å². The van der Waals surface area contributed by atoms with Crippen LogP contribution in [0.5, 0.6) is 5.75 Å². The number of unbranched alkanes of at least 4 members (excludes halogenated alkanes) is 1. The quantitative estimate of drug-likeness (QED) is 0.773. The predicted molar refractivity (Wildman–Crippen MR) is 86.6 cm³/mol. The van der Waals surface area contributed by atoms with E-state index in [1.54, 1.807) is 0 Å². The third-order valence-corrected chi connectivity index (χ3v) is 3.60. The smallest absolute Gasteiger partial charge is 0.260 e. The molecule has 3 heteroatoms. The lowest BCUT2D eigenvalue weighted by molar-refractivity contribution is -0.133. The van der Waals surface area contributed by atoms with Gasteiger partial charge in [0, 0.05) is 13.1 Å². The van der Waals surface area contributed by atoms with Gasteiger partial charge in [0.1, 0.15) is 5.75 Å². The number of benzene rings is 2. The van der Waals surface area contributed by atoms with Gasteiger partial charge >= 0.3 is 0 Å². The molecule has 2 aromatic carbocycles. The minimum Gasteiger partial charge on any atom is -0.484 e. The van der Waals surface area contributed by atoms with E-state index in [0.29, 0.717) is 0 Å². The first-order chi connectivity index (χ1) is 10.2. The fourth-order valence-electron chi connectivity index (χ4n) is 2.30. The highest BCUT2D eigenvalue weighted by atomic mass is 16.5. The van der Waals surface area contributed by atoms with Gasteiger partial charge in [-0.25, -0.2) is 0 Å². The van der Waals surface area contributed by atoms with Crippen LogP contribution in [-0.2, 0) is 4.79 Å². The summed E-state index contributed by atoms with van der Waals surface area (Å²) >= 11 is 0. The van der Waals surface area contributed by atoms with Gasteiger partial charge in [0.05, 0.1) is 0 Å². The van der Waals surface area contributed by atoms with Crippen LogP contribution in [0.25, 0.3) is 10.8 Å². The molecule has 0 aliphatic heterocycles. The van der Waals surface area contributed by atoms with Gasteiger partial charge in [0.15, 0.2) is 6.61 Å². The van der Waals surface area contributed by atoms with Gasteiger partial charge in [-0.15, -0.1) is 0 Å². The Bertz CT molecular complexity index is 595. The lowest BCUT2D eigenvalue weighted by Gasteiger charge is -2.20. The van der Waals surface area contributed by atoms with Crippen molar-refractivity contribution in [2.24, 2.45) is 0 Å². The van der Waals surface area contributed by atoms with Crippen LogP contribution < -0.4 is 4.74 Å². The van der Waals surface area contributed by atoms with Crippen molar-refractivity contribution in [2.45, 2.75) is 26.7 Å². The molecule has 2 rings (SSSR count). The van der Waals surface area contributed by atoms with Crippen molar-refractivity contribution >= 4 is 16.7 Å². The monoisotopic (exact) mass is 285 g/mol. The number of hydrogen-bond donors (Lipinski definition) is 0. The zero-order valence-corrected chi connectivity index (χ0v) is 12.8. The highest BCUT2D eigenvalue weighted by Gasteiger charge is 2.11. The average molecular weight is 285 g/mol. The summed E-state index contributed by atoms with van der Waals surface area (Å²) < 4.78 is 5.65. The molecule has 0 bridgehead atoms. The van der Waals surface area contributed by atoms with E-state index in [4.69, 9.17) is 4.74 Å². The number of ether oxygens (including phenoxy) is 1. The highest BCUT2D eigenvalue weighted by Crippen LogP contribution is 2.20. The maximum absolute atomic E-state index is 12.1. The number of carbonyl (C=O) groups excluding carboxylic acids is 1. The summed E-state index contributed by atoms with van der Waals surface area (Å²) in [4.78, 5) is 14.0. The number of nitrogens with zero attached hydrogens (tertiary/aromatic N) is 1. The van der Waals surface area contributed by atoms with E-state index >= 15 is 0 Å². The van der Waals surface area contributed by atoms with Gasteiger partial charge in [-0.2, -0.15) is 0 Å². The largest absolute Gasteiger partial charge is 0.484 e. The molecule has 0 aromatic heterocycles. The van der Waals surface area contributed by atoms with Crippen molar-refractivity contribution in [3.8, 4) is 5.75 Å². The summed E-state index contributed by atoms with van der Waals surface area (Å²) in [6.07, 6.45) is 2.13. The lowest BCUT2D eigenvalue weighted by Crippen LogP contribution is -2.35. The SMILES string of the molecule is CCCCN(CC)C(=O)COc1ccc2ccccc2c1. The molecule has 0 aliphatic carbocycles. The van der Waals surface area contributed by atoms with Gasteiger partial charge < -0.3 is 9.64 Å². The van der Waals surface area contributed by atoms with E-state index in [9.17, 15) is 4.79 Å². The molecule has 1 amide bonds. The number of hydrogen-bond acceptors (Lipinski definition) is 2. The minimum atomic E-state index is 0.0547. The Kier molecular flexibility index (Phi) is 5.61. The van der Waals surface area contributed by atoms with Gasteiger partial charge in [0.2, 0.25) is 0 Å². The summed E-state index contributed by atoms with van der Waals surface area (Å²) in [5.74, 6) is 0.799. The molecule has 112 valence electrons. The van der Waals surface area contributed by atoms with E-state index in [1.165, 1.54) is 5.39 Å². The first kappa shape index (κ1) is 15.4. The molecule has 3 nitrogen and oxygen atoms in total. The second kappa shape index (κ2) is 7.67. The second-order valence-electron chi connectivity index (χ2n) is 5.12. The van der Waals surface area contributed by atoms with Crippen LogP contribution in [0.1, 0.15) is 26.7 Å². The fourth-order valence-corrected chi connectivity index (χ4v) is 2.30. The molecule has 0 N–H and O–H groups in total. The Labute approximate surface area is 126 Å². The third-order valence-electron chi connectivity index (χ3n) is 3.60. The Balaban J connectivity index is 1.95. The summed E-state index contributed by atoms with van der Waals surface area (Å²) in [5, 5.41) is 2.30. The molecule has 0 unspecified atom stereocenters. The first-order valence-corrected chi connectivity index (χ1v) is 7.64. The number of likely N-dealkylation sites (N-methyl/N-ethyl adjacent to an activating group) is 1. The normalized spacial score (nSPS) is 10.6. The van der Waals surface area contributed by atoms with Crippen LogP contribution in [0, 0.1) is 0 Å². The minimum absolute atomic E-state index is 0.0547. The van der Waals surface area contributed by atoms with Crippen molar-refractivity contribution in [3.05, 3.63) is 42.5 Å². The second-order valence-corrected chi connectivity index (χ2v) is 5.12. The summed E-state index contributed by atoms with van der Waals surface area (Å²) in [5.41, 5.74) is 0. The van der Waals surface area contributed by atoms with E-state index < -0.39 is 0 Å². The average Bonchev–Trinajstić information content (AvgIpc) is 2.53. The molecule has 21 heavy (non-hydrogen) atoms. The van der Waals surface area contributed by atoms with Crippen molar-refractivity contribution in [3.63, 3.8) is 0 Å². The molecular formula is C18H23NO2.